The van der Waals surface area contributed by atoms with Gasteiger partial charge in [0.1, 0.15) is 11.5 Å². The lowest BCUT2D eigenvalue weighted by atomic mass is 9.94. The highest BCUT2D eigenvalue weighted by atomic mass is 19.1. The number of para-hydroxylation sites is 4. The summed E-state index contributed by atoms with van der Waals surface area (Å²) >= 11 is 0. The maximum absolute atomic E-state index is 16.4. The van der Waals surface area contributed by atoms with Gasteiger partial charge in [-0.1, -0.05) is 92.7 Å². The minimum atomic E-state index is -1.63. The molecule has 1 aliphatic rings. The zero-order valence-electron chi connectivity index (χ0n) is 24.3. The van der Waals surface area contributed by atoms with E-state index >= 15 is 4.39 Å². The Balaban J connectivity index is 1.46. The van der Waals surface area contributed by atoms with Crippen LogP contribution in [-0.4, -0.2) is 35.3 Å². The van der Waals surface area contributed by atoms with E-state index in [1.165, 1.54) is 9.80 Å². The number of carbonyl (C=O) groups excluding carboxylic acids is 3. The number of benzene rings is 4. The number of hydrogen-bond donors (Lipinski definition) is 2. The summed E-state index contributed by atoms with van der Waals surface area (Å²) in [6.45, 7) is 3.36. The summed E-state index contributed by atoms with van der Waals surface area (Å²) in [6.07, 6.45) is 0. The van der Waals surface area contributed by atoms with Crippen molar-refractivity contribution in [1.29, 1.82) is 0 Å². The van der Waals surface area contributed by atoms with E-state index in [0.717, 1.165) is 10.9 Å². The van der Waals surface area contributed by atoms with Gasteiger partial charge in [0.2, 0.25) is 0 Å². The summed E-state index contributed by atoms with van der Waals surface area (Å²) in [5.74, 6) is -2.71. The third-order valence-electron chi connectivity index (χ3n) is 7.71. The van der Waals surface area contributed by atoms with Crippen LogP contribution in [0.15, 0.2) is 121 Å². The van der Waals surface area contributed by atoms with Crippen LogP contribution in [0, 0.1) is 5.92 Å². The predicted octanol–water partition coefficient (Wildman–Crippen LogP) is 7.01. The van der Waals surface area contributed by atoms with Crippen molar-refractivity contribution in [2.45, 2.75) is 19.9 Å². The lowest BCUT2D eigenvalue weighted by molar-refractivity contribution is -0.128. The molecule has 0 saturated carbocycles. The first-order valence-corrected chi connectivity index (χ1v) is 14.5. The van der Waals surface area contributed by atoms with Crippen molar-refractivity contribution in [1.82, 2.24) is 10.3 Å². The average molecular weight is 587 g/mol. The summed E-state index contributed by atoms with van der Waals surface area (Å²) in [5.41, 5.74) is 3.37. The highest BCUT2D eigenvalue weighted by Gasteiger charge is 2.42. The van der Waals surface area contributed by atoms with E-state index in [0.29, 0.717) is 28.2 Å². The number of anilines is 3. The number of rotatable bonds is 7. The molecule has 3 amide bonds. The molecule has 0 aliphatic carbocycles. The number of carbonyl (C=O) groups is 3. The van der Waals surface area contributed by atoms with E-state index in [1.807, 2.05) is 74.5 Å². The third kappa shape index (κ3) is 5.38. The number of nitrogens with one attached hydrogen (secondary N) is 2. The van der Waals surface area contributed by atoms with Crippen molar-refractivity contribution in [3.63, 3.8) is 0 Å². The fraction of sp³-hybridized carbons (Fsp3) is 0.139. The number of H-pyrrole nitrogens is 1. The molecule has 7 nitrogen and oxygen atoms in total. The Kier molecular flexibility index (Phi) is 7.81. The van der Waals surface area contributed by atoms with Gasteiger partial charge in [-0.25, -0.2) is 4.39 Å². The highest BCUT2D eigenvalue weighted by molar-refractivity contribution is 6.24. The molecule has 1 atom stereocenters. The molecule has 0 saturated heterocycles. The van der Waals surface area contributed by atoms with Crippen LogP contribution in [0.25, 0.3) is 16.5 Å². The molecule has 1 aliphatic heterocycles. The van der Waals surface area contributed by atoms with Gasteiger partial charge in [-0.05, 0) is 53.5 Å². The van der Waals surface area contributed by atoms with Crippen molar-refractivity contribution in [3.8, 4) is 0 Å². The van der Waals surface area contributed by atoms with Crippen molar-refractivity contribution in [3.05, 3.63) is 132 Å². The predicted molar refractivity (Wildman–Crippen MR) is 171 cm³/mol. The molecule has 8 heteroatoms. The van der Waals surface area contributed by atoms with E-state index < -0.39 is 36.1 Å². The second-order valence-corrected chi connectivity index (χ2v) is 10.9. The van der Waals surface area contributed by atoms with Crippen molar-refractivity contribution >= 4 is 51.3 Å². The number of hydrogen-bond acceptors (Lipinski definition) is 3. The van der Waals surface area contributed by atoms with Gasteiger partial charge < -0.3 is 15.2 Å². The van der Waals surface area contributed by atoms with Crippen molar-refractivity contribution in [2.24, 2.45) is 5.92 Å². The molecule has 220 valence electrons. The van der Waals surface area contributed by atoms with Gasteiger partial charge in [0, 0.05) is 16.6 Å². The van der Waals surface area contributed by atoms with Gasteiger partial charge in [0.15, 0.2) is 6.04 Å². The third-order valence-corrected chi connectivity index (χ3v) is 7.71. The summed E-state index contributed by atoms with van der Waals surface area (Å²) in [7, 11) is 0. The van der Waals surface area contributed by atoms with Gasteiger partial charge in [0.05, 0.1) is 17.9 Å². The summed E-state index contributed by atoms with van der Waals surface area (Å²) in [6, 6.07) is 32.4. The number of allylic oxidation sites excluding steroid dienone is 1. The number of aromatic amines is 1. The SMILES string of the molecule is CC(C)/C(=C(/F)CN1C(=O)C(NC(=O)c2cc3ccccc3[nH]2)C(=O)N(c2ccccc2)c2ccccc21)c1ccccc1. The number of amides is 3. The van der Waals surface area contributed by atoms with Crippen LogP contribution in [0.3, 0.4) is 0 Å². The van der Waals surface area contributed by atoms with Crippen molar-refractivity contribution in [2.75, 3.05) is 16.3 Å². The van der Waals surface area contributed by atoms with Gasteiger partial charge in [-0.2, -0.15) is 0 Å². The molecule has 2 N–H and O–H groups in total. The van der Waals surface area contributed by atoms with Crippen LogP contribution in [0.5, 0.6) is 0 Å². The molecule has 5 aromatic rings. The Bertz CT molecular complexity index is 1850. The van der Waals surface area contributed by atoms with E-state index in [4.69, 9.17) is 0 Å². The molecule has 0 bridgehead atoms. The molecule has 1 aromatic heterocycles. The van der Waals surface area contributed by atoms with Gasteiger partial charge in [-0.15, -0.1) is 0 Å². The molecule has 1 unspecified atom stereocenters. The molecule has 0 radical (unpaired) electrons. The Morgan fingerprint density at radius 2 is 1.43 bits per heavy atom. The average Bonchev–Trinajstić information content (AvgIpc) is 3.45. The smallest absolute Gasteiger partial charge is 0.268 e. The minimum absolute atomic E-state index is 0.185. The largest absolute Gasteiger partial charge is 0.351 e. The Morgan fingerprint density at radius 1 is 0.818 bits per heavy atom. The van der Waals surface area contributed by atoms with Gasteiger partial charge in [-0.3, -0.25) is 19.3 Å². The number of fused-ring (bicyclic) bond motifs is 2. The zero-order chi connectivity index (χ0) is 30.8. The second-order valence-electron chi connectivity index (χ2n) is 10.9. The van der Waals surface area contributed by atoms with Gasteiger partial charge in [0.25, 0.3) is 17.7 Å². The lowest BCUT2D eigenvalue weighted by Crippen LogP contribution is -2.55. The molecule has 4 aromatic carbocycles. The number of aromatic nitrogens is 1. The summed E-state index contributed by atoms with van der Waals surface area (Å²) in [4.78, 5) is 47.9. The fourth-order valence-corrected chi connectivity index (χ4v) is 5.69. The van der Waals surface area contributed by atoms with Crippen LogP contribution >= 0.6 is 0 Å². The first kappa shape index (κ1) is 28.6. The maximum atomic E-state index is 16.4. The molecule has 2 heterocycles. The quantitative estimate of drug-likeness (QED) is 0.201. The first-order chi connectivity index (χ1) is 21.3. The first-order valence-electron chi connectivity index (χ1n) is 14.5. The Morgan fingerprint density at radius 3 is 2.11 bits per heavy atom. The molecule has 0 spiro atoms. The van der Waals surface area contributed by atoms with Crippen LogP contribution < -0.4 is 15.1 Å². The maximum Gasteiger partial charge on any atom is 0.268 e. The monoisotopic (exact) mass is 586 g/mol. The van der Waals surface area contributed by atoms with Crippen LogP contribution in [0.4, 0.5) is 21.5 Å². The molecule has 0 fully saturated rings. The molecule has 44 heavy (non-hydrogen) atoms. The van der Waals surface area contributed by atoms with Crippen molar-refractivity contribution < 1.29 is 18.8 Å². The van der Waals surface area contributed by atoms with Gasteiger partial charge >= 0.3 is 0 Å². The number of nitrogens with zero attached hydrogens (tertiary/aromatic N) is 2. The fourth-order valence-electron chi connectivity index (χ4n) is 5.69. The standard InChI is InChI=1S/C36H31FN4O3/c1-23(2)32(24-13-5-3-6-14-24)27(37)22-40-30-19-11-12-20-31(30)41(26-16-7-4-8-17-26)36(44)33(35(40)43)39-34(42)29-21-25-15-9-10-18-28(25)38-29/h3-21,23,33,38H,22H2,1-2H3,(H,39,42)/b32-27-. The summed E-state index contributed by atoms with van der Waals surface area (Å²) < 4.78 is 16.4. The van der Waals surface area contributed by atoms with Crippen LogP contribution in [-0.2, 0) is 9.59 Å². The Hall–Kier alpha value is -5.50. The highest BCUT2D eigenvalue weighted by Crippen LogP contribution is 2.39. The van der Waals surface area contributed by atoms with E-state index in [2.05, 4.69) is 10.3 Å². The van der Waals surface area contributed by atoms with Crippen LogP contribution in [0.1, 0.15) is 29.9 Å². The van der Waals surface area contributed by atoms with E-state index in [9.17, 15) is 14.4 Å². The summed E-state index contributed by atoms with van der Waals surface area (Å²) in [5, 5.41) is 3.48. The number of halogens is 1. The topological polar surface area (TPSA) is 85.5 Å². The molecule has 6 rings (SSSR count). The normalized spacial score (nSPS) is 15.7. The molecular formula is C36H31FN4O3. The molecular weight excluding hydrogens is 555 g/mol. The van der Waals surface area contributed by atoms with Crippen LogP contribution in [0.2, 0.25) is 0 Å². The lowest BCUT2D eigenvalue weighted by Gasteiger charge is -2.26. The zero-order valence-corrected chi connectivity index (χ0v) is 24.3. The minimum Gasteiger partial charge on any atom is -0.351 e. The second kappa shape index (κ2) is 12.0. The van der Waals surface area contributed by atoms with E-state index in [1.54, 1.807) is 54.6 Å². The van der Waals surface area contributed by atoms with E-state index in [-0.39, 0.29) is 11.6 Å². The Labute approximate surface area is 254 Å².